The molecule has 0 aliphatic heterocycles. The normalized spacial score (nSPS) is 12.6. The van der Waals surface area contributed by atoms with Crippen molar-refractivity contribution in [3.63, 3.8) is 0 Å². The Kier molecular flexibility index (Phi) is 3.22. The van der Waals surface area contributed by atoms with E-state index in [1.807, 2.05) is 20.8 Å². The van der Waals surface area contributed by atoms with Gasteiger partial charge in [0.05, 0.1) is 0 Å². The first-order valence-electron chi connectivity index (χ1n) is 4.33. The molecule has 0 saturated carbocycles. The van der Waals surface area contributed by atoms with Crippen LogP contribution in [0.5, 0.6) is 0 Å². The fourth-order valence-electron chi connectivity index (χ4n) is 0.745. The van der Waals surface area contributed by atoms with Gasteiger partial charge in [0.1, 0.15) is 5.01 Å². The number of amides is 1. The van der Waals surface area contributed by atoms with E-state index in [2.05, 4.69) is 10.2 Å². The first kappa shape index (κ1) is 12.9. The van der Waals surface area contributed by atoms with Gasteiger partial charge < -0.3 is 0 Å². The molecular formula is C8H10F3N3OS. The van der Waals surface area contributed by atoms with Gasteiger partial charge in [-0.25, -0.2) is 0 Å². The van der Waals surface area contributed by atoms with Crippen LogP contribution in [-0.4, -0.2) is 22.3 Å². The lowest BCUT2D eigenvalue weighted by Gasteiger charge is -2.12. The zero-order chi connectivity index (χ0) is 12.6. The molecule has 16 heavy (non-hydrogen) atoms. The number of aromatic nitrogens is 2. The van der Waals surface area contributed by atoms with Gasteiger partial charge in [0.2, 0.25) is 5.13 Å². The number of carbonyl (C=O) groups is 1. The van der Waals surface area contributed by atoms with Crippen molar-refractivity contribution in [1.29, 1.82) is 0 Å². The van der Waals surface area contributed by atoms with E-state index in [-0.39, 0.29) is 10.5 Å². The van der Waals surface area contributed by atoms with Crippen molar-refractivity contribution in [3.05, 3.63) is 5.01 Å². The maximum atomic E-state index is 11.9. The Labute approximate surface area is 93.9 Å². The molecule has 1 rings (SSSR count). The van der Waals surface area contributed by atoms with E-state index in [1.54, 1.807) is 5.32 Å². The van der Waals surface area contributed by atoms with E-state index in [0.717, 1.165) is 11.3 Å². The van der Waals surface area contributed by atoms with Gasteiger partial charge in [0, 0.05) is 5.41 Å². The highest BCUT2D eigenvalue weighted by molar-refractivity contribution is 7.15. The third-order valence-electron chi connectivity index (χ3n) is 1.54. The van der Waals surface area contributed by atoms with Gasteiger partial charge in [-0.2, -0.15) is 13.2 Å². The molecule has 0 aliphatic rings. The smallest absolute Gasteiger partial charge is 0.293 e. The van der Waals surface area contributed by atoms with Crippen LogP contribution in [-0.2, 0) is 10.2 Å². The van der Waals surface area contributed by atoms with Crippen LogP contribution in [0.4, 0.5) is 18.3 Å². The van der Waals surface area contributed by atoms with E-state index in [1.165, 1.54) is 0 Å². The fourth-order valence-corrected chi connectivity index (χ4v) is 1.54. The summed E-state index contributed by atoms with van der Waals surface area (Å²) in [5.41, 5.74) is -0.307. The van der Waals surface area contributed by atoms with Crippen LogP contribution in [0.2, 0.25) is 0 Å². The molecule has 1 heterocycles. The third kappa shape index (κ3) is 3.16. The number of rotatable bonds is 1. The van der Waals surface area contributed by atoms with Crippen LogP contribution in [0.15, 0.2) is 0 Å². The van der Waals surface area contributed by atoms with Crippen molar-refractivity contribution in [3.8, 4) is 0 Å². The average molecular weight is 253 g/mol. The van der Waals surface area contributed by atoms with Crippen LogP contribution in [0, 0.1) is 0 Å². The lowest BCUT2D eigenvalue weighted by atomic mass is 9.98. The summed E-state index contributed by atoms with van der Waals surface area (Å²) in [5, 5.41) is 9.25. The van der Waals surface area contributed by atoms with Crippen molar-refractivity contribution in [2.45, 2.75) is 32.4 Å². The lowest BCUT2D eigenvalue weighted by molar-refractivity contribution is -0.167. The fraction of sp³-hybridized carbons (Fsp3) is 0.625. The summed E-state index contributed by atoms with van der Waals surface area (Å²) >= 11 is 0.930. The predicted octanol–water partition coefficient (Wildman–Crippen LogP) is 2.34. The summed E-state index contributed by atoms with van der Waals surface area (Å²) in [5.74, 6) is -2.04. The number of anilines is 1. The molecule has 0 saturated heterocycles. The Balaban J connectivity index is 2.78. The standard InChI is InChI=1S/C8H10F3N3OS/c1-7(2,3)5-13-14-6(16-5)12-4(15)8(9,10)11/h1-3H3,(H,12,14,15). The molecule has 0 spiro atoms. The van der Waals surface area contributed by atoms with Crippen molar-refractivity contribution in [2.75, 3.05) is 5.32 Å². The average Bonchev–Trinajstić information content (AvgIpc) is 2.49. The second kappa shape index (κ2) is 4.00. The van der Waals surface area contributed by atoms with Crippen LogP contribution in [0.25, 0.3) is 0 Å². The van der Waals surface area contributed by atoms with Crippen LogP contribution in [0.3, 0.4) is 0 Å². The predicted molar refractivity (Wildman–Crippen MR) is 53.3 cm³/mol. The number of hydrogen-bond acceptors (Lipinski definition) is 4. The van der Waals surface area contributed by atoms with Crippen molar-refractivity contribution in [1.82, 2.24) is 10.2 Å². The van der Waals surface area contributed by atoms with E-state index < -0.39 is 12.1 Å². The third-order valence-corrected chi connectivity index (χ3v) is 2.81. The Bertz CT molecular complexity index is 394. The molecule has 0 unspecified atom stereocenters. The highest BCUT2D eigenvalue weighted by Crippen LogP contribution is 2.28. The van der Waals surface area contributed by atoms with E-state index in [9.17, 15) is 18.0 Å². The van der Waals surface area contributed by atoms with Gasteiger partial charge in [-0.15, -0.1) is 10.2 Å². The van der Waals surface area contributed by atoms with Crippen molar-refractivity contribution in [2.24, 2.45) is 0 Å². The summed E-state index contributed by atoms with van der Waals surface area (Å²) in [4.78, 5) is 10.6. The molecule has 1 N–H and O–H groups in total. The molecule has 1 aromatic heterocycles. The first-order valence-corrected chi connectivity index (χ1v) is 5.14. The molecule has 0 aromatic carbocycles. The second-order valence-corrected chi connectivity index (χ2v) is 5.09. The maximum Gasteiger partial charge on any atom is 0.471 e. The highest BCUT2D eigenvalue weighted by atomic mass is 32.1. The molecule has 90 valence electrons. The zero-order valence-electron chi connectivity index (χ0n) is 8.84. The van der Waals surface area contributed by atoms with E-state index >= 15 is 0 Å². The molecule has 0 aliphatic carbocycles. The second-order valence-electron chi connectivity index (χ2n) is 4.11. The molecule has 0 radical (unpaired) electrons. The van der Waals surface area contributed by atoms with Gasteiger partial charge in [-0.1, -0.05) is 32.1 Å². The van der Waals surface area contributed by atoms with Gasteiger partial charge in [-0.3, -0.25) is 10.1 Å². The molecule has 0 atom stereocenters. The molecule has 0 bridgehead atoms. The Morgan fingerprint density at radius 3 is 2.19 bits per heavy atom. The zero-order valence-corrected chi connectivity index (χ0v) is 9.66. The van der Waals surface area contributed by atoms with Crippen molar-refractivity contribution >= 4 is 22.4 Å². The Hall–Kier alpha value is -1.18. The number of halogens is 3. The van der Waals surface area contributed by atoms with Crippen LogP contribution in [0.1, 0.15) is 25.8 Å². The summed E-state index contributed by atoms with van der Waals surface area (Å²) in [6.45, 7) is 5.55. The minimum atomic E-state index is -4.91. The number of hydrogen-bond donors (Lipinski definition) is 1. The quantitative estimate of drug-likeness (QED) is 0.835. The molecule has 0 fully saturated rings. The maximum absolute atomic E-state index is 11.9. The topological polar surface area (TPSA) is 54.9 Å². The van der Waals surface area contributed by atoms with Crippen molar-refractivity contribution < 1.29 is 18.0 Å². The monoisotopic (exact) mass is 253 g/mol. The number of alkyl halides is 3. The summed E-state index contributed by atoms with van der Waals surface area (Å²) in [6, 6.07) is 0. The lowest BCUT2D eigenvalue weighted by Crippen LogP contribution is -2.29. The molecule has 4 nitrogen and oxygen atoms in total. The minimum absolute atomic E-state index is 0.146. The molecule has 1 amide bonds. The van der Waals surface area contributed by atoms with Crippen LogP contribution >= 0.6 is 11.3 Å². The van der Waals surface area contributed by atoms with Gasteiger partial charge in [0.25, 0.3) is 0 Å². The van der Waals surface area contributed by atoms with Gasteiger partial charge in [-0.05, 0) is 0 Å². The Morgan fingerprint density at radius 1 is 1.25 bits per heavy atom. The van der Waals surface area contributed by atoms with Crippen LogP contribution < -0.4 is 5.32 Å². The van der Waals surface area contributed by atoms with E-state index in [0.29, 0.717) is 5.01 Å². The number of carbonyl (C=O) groups excluding carboxylic acids is 1. The minimum Gasteiger partial charge on any atom is -0.293 e. The molecule has 8 heteroatoms. The number of nitrogens with zero attached hydrogens (tertiary/aromatic N) is 2. The largest absolute Gasteiger partial charge is 0.471 e. The summed E-state index contributed by atoms with van der Waals surface area (Å²) in [7, 11) is 0. The first-order chi connectivity index (χ1) is 7.10. The van der Waals surface area contributed by atoms with E-state index in [4.69, 9.17) is 0 Å². The Morgan fingerprint density at radius 2 is 1.81 bits per heavy atom. The number of nitrogens with one attached hydrogen (secondary N) is 1. The summed E-state index contributed by atoms with van der Waals surface area (Å²) < 4.78 is 35.8. The molecule has 1 aromatic rings. The highest BCUT2D eigenvalue weighted by Gasteiger charge is 2.39. The van der Waals surface area contributed by atoms with Gasteiger partial charge in [0.15, 0.2) is 0 Å². The summed E-state index contributed by atoms with van der Waals surface area (Å²) in [6.07, 6.45) is -4.91. The van der Waals surface area contributed by atoms with Gasteiger partial charge >= 0.3 is 12.1 Å². The SMILES string of the molecule is CC(C)(C)c1nnc(NC(=O)C(F)(F)F)s1. The molecular weight excluding hydrogens is 243 g/mol.